The summed E-state index contributed by atoms with van der Waals surface area (Å²) in [6.07, 6.45) is 0. The molecule has 2 aliphatic rings. The molecular formula is C20H33ClN6. The molecule has 2 N–H and O–H groups in total. The summed E-state index contributed by atoms with van der Waals surface area (Å²) in [5, 5.41) is 0.777. The molecule has 1 aromatic carbocycles. The molecule has 2 aliphatic heterocycles. The van der Waals surface area contributed by atoms with Crippen molar-refractivity contribution in [2.24, 2.45) is 16.6 Å². The van der Waals surface area contributed by atoms with Gasteiger partial charge in [0.15, 0.2) is 5.96 Å². The molecule has 0 spiro atoms. The molecular weight excluding hydrogens is 360 g/mol. The Kier molecular flexibility index (Phi) is 7.21. The van der Waals surface area contributed by atoms with Crippen LogP contribution in [0, 0.1) is 5.92 Å². The fourth-order valence-electron chi connectivity index (χ4n) is 3.72. The van der Waals surface area contributed by atoms with E-state index in [0.29, 0.717) is 11.9 Å². The van der Waals surface area contributed by atoms with Crippen molar-refractivity contribution in [2.75, 3.05) is 77.4 Å². The highest BCUT2D eigenvalue weighted by Gasteiger charge is 2.19. The molecule has 1 atom stereocenters. The summed E-state index contributed by atoms with van der Waals surface area (Å²) < 4.78 is 0. The SMILES string of the molecule is CC(CN=C(N)N1CCN(c2ccc(Cl)cc2)CC1)CN1CCN(C)CC1. The highest BCUT2D eigenvalue weighted by Crippen LogP contribution is 2.19. The lowest BCUT2D eigenvalue weighted by atomic mass is 10.1. The molecule has 2 fully saturated rings. The average molecular weight is 393 g/mol. The maximum Gasteiger partial charge on any atom is 0.191 e. The molecule has 6 nitrogen and oxygen atoms in total. The third-order valence-corrected chi connectivity index (χ3v) is 5.78. The first-order valence-corrected chi connectivity index (χ1v) is 10.4. The van der Waals surface area contributed by atoms with Crippen LogP contribution < -0.4 is 10.6 Å². The molecule has 0 aromatic heterocycles. The van der Waals surface area contributed by atoms with Gasteiger partial charge in [0.1, 0.15) is 0 Å². The number of nitrogens with zero attached hydrogens (tertiary/aromatic N) is 5. The van der Waals surface area contributed by atoms with Crippen LogP contribution in [0.2, 0.25) is 5.02 Å². The lowest BCUT2D eigenvalue weighted by Crippen LogP contribution is -2.51. The number of nitrogens with two attached hydrogens (primary N) is 1. The van der Waals surface area contributed by atoms with Gasteiger partial charge in [-0.15, -0.1) is 0 Å². The standard InChI is InChI=1S/C20H33ClN6/c1-17(16-25-9-7-24(2)8-10-25)15-23-20(22)27-13-11-26(12-14-27)19-5-3-18(21)4-6-19/h3-6,17H,7-16H2,1-2H3,(H2,22,23). The number of aliphatic imine (C=N–C) groups is 1. The average Bonchev–Trinajstić information content (AvgIpc) is 2.69. The van der Waals surface area contributed by atoms with E-state index in [-0.39, 0.29) is 0 Å². The van der Waals surface area contributed by atoms with Crippen molar-refractivity contribution < 1.29 is 0 Å². The fraction of sp³-hybridized carbons (Fsp3) is 0.650. The van der Waals surface area contributed by atoms with Gasteiger partial charge in [0.05, 0.1) is 0 Å². The second kappa shape index (κ2) is 9.62. The van der Waals surface area contributed by atoms with E-state index in [1.54, 1.807) is 0 Å². The Morgan fingerprint density at radius 2 is 1.67 bits per heavy atom. The quantitative estimate of drug-likeness (QED) is 0.610. The number of hydrogen-bond acceptors (Lipinski definition) is 4. The van der Waals surface area contributed by atoms with E-state index in [4.69, 9.17) is 17.3 Å². The number of anilines is 1. The lowest BCUT2D eigenvalue weighted by molar-refractivity contribution is 0.140. The van der Waals surface area contributed by atoms with Gasteiger partial charge < -0.3 is 25.3 Å². The Balaban J connectivity index is 1.41. The van der Waals surface area contributed by atoms with E-state index in [9.17, 15) is 0 Å². The predicted molar refractivity (Wildman–Crippen MR) is 115 cm³/mol. The number of piperazine rings is 2. The molecule has 2 saturated heterocycles. The fourth-order valence-corrected chi connectivity index (χ4v) is 3.85. The van der Waals surface area contributed by atoms with Crippen molar-refractivity contribution in [3.63, 3.8) is 0 Å². The summed E-state index contributed by atoms with van der Waals surface area (Å²) >= 11 is 5.98. The van der Waals surface area contributed by atoms with Crippen LogP contribution in [0.1, 0.15) is 6.92 Å². The van der Waals surface area contributed by atoms with Gasteiger partial charge in [-0.05, 0) is 37.2 Å². The van der Waals surface area contributed by atoms with Crippen molar-refractivity contribution in [1.29, 1.82) is 0 Å². The molecule has 150 valence electrons. The molecule has 0 bridgehead atoms. The Hall–Kier alpha value is -1.50. The molecule has 0 radical (unpaired) electrons. The van der Waals surface area contributed by atoms with Crippen LogP contribution in [0.3, 0.4) is 0 Å². The van der Waals surface area contributed by atoms with Crippen LogP contribution in [0.25, 0.3) is 0 Å². The summed E-state index contributed by atoms with van der Waals surface area (Å²) in [6.45, 7) is 12.5. The zero-order valence-electron chi connectivity index (χ0n) is 16.6. The molecule has 27 heavy (non-hydrogen) atoms. The molecule has 1 aromatic rings. The van der Waals surface area contributed by atoms with Gasteiger partial charge in [-0.2, -0.15) is 0 Å². The summed E-state index contributed by atoms with van der Waals surface area (Å²) in [5.74, 6) is 1.22. The van der Waals surface area contributed by atoms with Gasteiger partial charge in [-0.1, -0.05) is 18.5 Å². The van der Waals surface area contributed by atoms with E-state index in [2.05, 4.69) is 50.7 Å². The van der Waals surface area contributed by atoms with Crippen molar-refractivity contribution in [3.8, 4) is 0 Å². The molecule has 0 aliphatic carbocycles. The minimum atomic E-state index is 0.530. The maximum atomic E-state index is 6.27. The summed E-state index contributed by atoms with van der Waals surface area (Å²) in [7, 11) is 2.19. The Morgan fingerprint density at radius 1 is 1.04 bits per heavy atom. The number of rotatable bonds is 5. The van der Waals surface area contributed by atoms with E-state index >= 15 is 0 Å². The molecule has 0 amide bonds. The number of benzene rings is 1. The minimum Gasteiger partial charge on any atom is -0.370 e. The van der Waals surface area contributed by atoms with Crippen molar-refractivity contribution in [2.45, 2.75) is 6.92 Å². The van der Waals surface area contributed by atoms with E-state index < -0.39 is 0 Å². The van der Waals surface area contributed by atoms with Crippen LogP contribution in [0.5, 0.6) is 0 Å². The third-order valence-electron chi connectivity index (χ3n) is 5.53. The lowest BCUT2D eigenvalue weighted by Gasteiger charge is -2.37. The van der Waals surface area contributed by atoms with Gasteiger partial charge >= 0.3 is 0 Å². The van der Waals surface area contributed by atoms with Crippen molar-refractivity contribution >= 4 is 23.2 Å². The highest BCUT2D eigenvalue weighted by molar-refractivity contribution is 6.30. The Labute approximate surface area is 168 Å². The van der Waals surface area contributed by atoms with Crippen LogP contribution in [0.4, 0.5) is 5.69 Å². The van der Waals surface area contributed by atoms with Gasteiger partial charge in [0.25, 0.3) is 0 Å². The summed E-state index contributed by atoms with van der Waals surface area (Å²) in [4.78, 5) is 14.2. The molecule has 2 heterocycles. The second-order valence-corrected chi connectivity index (χ2v) is 8.29. The van der Waals surface area contributed by atoms with Crippen LogP contribution in [0.15, 0.2) is 29.3 Å². The number of hydrogen-bond donors (Lipinski definition) is 1. The molecule has 7 heteroatoms. The minimum absolute atomic E-state index is 0.530. The first-order chi connectivity index (χ1) is 13.0. The van der Waals surface area contributed by atoms with Gasteiger partial charge in [-0.3, -0.25) is 4.99 Å². The second-order valence-electron chi connectivity index (χ2n) is 7.86. The molecule has 0 saturated carbocycles. The monoisotopic (exact) mass is 392 g/mol. The molecule has 1 unspecified atom stereocenters. The van der Waals surface area contributed by atoms with Crippen LogP contribution in [-0.4, -0.2) is 93.2 Å². The van der Waals surface area contributed by atoms with Crippen LogP contribution >= 0.6 is 11.6 Å². The Morgan fingerprint density at radius 3 is 2.30 bits per heavy atom. The first kappa shape index (κ1) is 20.2. The predicted octanol–water partition coefficient (Wildman–Crippen LogP) is 1.66. The normalized spacial score (nSPS) is 21.5. The van der Waals surface area contributed by atoms with E-state index in [0.717, 1.165) is 70.5 Å². The zero-order chi connectivity index (χ0) is 19.2. The summed E-state index contributed by atoms with van der Waals surface area (Å²) in [5.41, 5.74) is 7.49. The number of likely N-dealkylation sites (N-methyl/N-ethyl adjacent to an activating group) is 1. The van der Waals surface area contributed by atoms with E-state index in [1.807, 2.05) is 12.1 Å². The maximum absolute atomic E-state index is 6.27. The van der Waals surface area contributed by atoms with Crippen LogP contribution in [-0.2, 0) is 0 Å². The number of guanidine groups is 1. The zero-order valence-corrected chi connectivity index (χ0v) is 17.4. The third kappa shape index (κ3) is 5.99. The van der Waals surface area contributed by atoms with E-state index in [1.165, 1.54) is 5.69 Å². The van der Waals surface area contributed by atoms with Gasteiger partial charge in [0, 0.05) is 76.2 Å². The first-order valence-electron chi connectivity index (χ1n) is 9.97. The van der Waals surface area contributed by atoms with Crippen molar-refractivity contribution in [3.05, 3.63) is 29.3 Å². The number of halogens is 1. The smallest absolute Gasteiger partial charge is 0.191 e. The molecule has 3 rings (SSSR count). The Bertz CT molecular complexity index is 603. The highest BCUT2D eigenvalue weighted by atomic mass is 35.5. The topological polar surface area (TPSA) is 51.3 Å². The van der Waals surface area contributed by atoms with Gasteiger partial charge in [-0.25, -0.2) is 0 Å². The largest absolute Gasteiger partial charge is 0.370 e. The van der Waals surface area contributed by atoms with Gasteiger partial charge in [0.2, 0.25) is 0 Å². The van der Waals surface area contributed by atoms with Crippen molar-refractivity contribution in [1.82, 2.24) is 14.7 Å². The summed E-state index contributed by atoms with van der Waals surface area (Å²) in [6, 6.07) is 8.05.